The normalized spacial score (nSPS) is 12.2. The van der Waals surface area contributed by atoms with E-state index in [2.05, 4.69) is 60.8 Å². The van der Waals surface area contributed by atoms with Crippen LogP contribution in [0.15, 0.2) is 71.6 Å². The minimum absolute atomic E-state index is 0.0945. The summed E-state index contributed by atoms with van der Waals surface area (Å²) in [6.45, 7) is 2.78. The van der Waals surface area contributed by atoms with E-state index in [-0.39, 0.29) is 5.91 Å². The molecule has 3 nitrogen and oxygen atoms in total. The number of nitrogens with one attached hydrogen (secondary N) is 1. The summed E-state index contributed by atoms with van der Waals surface area (Å²) in [5.74, 6) is 0.0945. The molecular formula is C25H37NO2. The minimum atomic E-state index is 0.0945. The van der Waals surface area contributed by atoms with Gasteiger partial charge in [0.15, 0.2) is 0 Å². The van der Waals surface area contributed by atoms with Gasteiger partial charge in [-0.05, 0) is 51.0 Å². The second-order valence-electron chi connectivity index (χ2n) is 6.89. The molecule has 0 radical (unpaired) electrons. The quantitative estimate of drug-likeness (QED) is 0.246. The molecule has 3 heteroatoms. The molecule has 0 spiro atoms. The van der Waals surface area contributed by atoms with Gasteiger partial charge in [-0.25, -0.2) is 0 Å². The van der Waals surface area contributed by atoms with Gasteiger partial charge in [0, 0.05) is 18.5 Å². The Balaban J connectivity index is 1.91. The number of furan rings is 1. The third-order valence-corrected chi connectivity index (χ3v) is 4.30. The van der Waals surface area contributed by atoms with Gasteiger partial charge in [-0.3, -0.25) is 4.79 Å². The number of amides is 1. The largest absolute Gasteiger partial charge is 0.472 e. The van der Waals surface area contributed by atoms with Crippen LogP contribution in [0.3, 0.4) is 0 Å². The van der Waals surface area contributed by atoms with Crippen LogP contribution >= 0.6 is 0 Å². The van der Waals surface area contributed by atoms with Crippen LogP contribution in [0.5, 0.6) is 0 Å². The summed E-state index contributed by atoms with van der Waals surface area (Å²) in [4.78, 5) is 11.7. The molecule has 0 unspecified atom stereocenters. The molecular weight excluding hydrogens is 346 g/mol. The van der Waals surface area contributed by atoms with E-state index in [4.69, 9.17) is 4.42 Å². The first kappa shape index (κ1) is 23.7. The van der Waals surface area contributed by atoms with Crippen LogP contribution in [-0.2, 0) is 11.3 Å². The van der Waals surface area contributed by atoms with Crippen molar-refractivity contribution in [1.82, 2.24) is 5.32 Å². The zero-order valence-corrected chi connectivity index (χ0v) is 17.4. The van der Waals surface area contributed by atoms with Crippen molar-refractivity contribution in [1.29, 1.82) is 0 Å². The van der Waals surface area contributed by atoms with Crippen LogP contribution in [-0.4, -0.2) is 5.91 Å². The van der Waals surface area contributed by atoms with Gasteiger partial charge in [-0.15, -0.1) is 0 Å². The van der Waals surface area contributed by atoms with E-state index in [1.165, 1.54) is 25.7 Å². The molecule has 1 rings (SSSR count). The van der Waals surface area contributed by atoms with Crippen LogP contribution in [0.25, 0.3) is 0 Å². The molecule has 28 heavy (non-hydrogen) atoms. The number of carbonyl (C=O) groups is 1. The fraction of sp³-hybridized carbons (Fsp3) is 0.480. The van der Waals surface area contributed by atoms with Gasteiger partial charge in [0.1, 0.15) is 0 Å². The molecule has 0 atom stereocenters. The van der Waals surface area contributed by atoms with Crippen molar-refractivity contribution in [3.63, 3.8) is 0 Å². The molecule has 1 aromatic rings. The van der Waals surface area contributed by atoms with Gasteiger partial charge in [0.25, 0.3) is 0 Å². The molecule has 0 aliphatic rings. The predicted octanol–water partition coefficient (Wildman–Crippen LogP) is 7.04. The number of hydrogen-bond acceptors (Lipinski definition) is 2. The van der Waals surface area contributed by atoms with Gasteiger partial charge in [-0.1, -0.05) is 68.4 Å². The summed E-state index contributed by atoms with van der Waals surface area (Å²) in [7, 11) is 0. The summed E-state index contributed by atoms with van der Waals surface area (Å²) in [6.07, 6.45) is 31.5. The first-order valence-corrected chi connectivity index (χ1v) is 10.7. The number of carbonyl (C=O) groups excluding carboxylic acids is 1. The third-order valence-electron chi connectivity index (χ3n) is 4.30. The molecule has 0 saturated carbocycles. The van der Waals surface area contributed by atoms with Gasteiger partial charge in [0.05, 0.1) is 12.5 Å². The summed E-state index contributed by atoms with van der Waals surface area (Å²) < 4.78 is 4.97. The second kappa shape index (κ2) is 18.1. The first-order chi connectivity index (χ1) is 13.8. The lowest BCUT2D eigenvalue weighted by atomic mass is 10.2. The van der Waals surface area contributed by atoms with E-state index in [9.17, 15) is 4.79 Å². The topological polar surface area (TPSA) is 42.2 Å². The average Bonchev–Trinajstić information content (AvgIpc) is 3.22. The van der Waals surface area contributed by atoms with Crippen LogP contribution < -0.4 is 5.32 Å². The van der Waals surface area contributed by atoms with Crippen molar-refractivity contribution in [3.8, 4) is 0 Å². The standard InChI is InChI=1S/C25H37NO2/c1-2-3-4-5-6-7-8-9-10-11-12-13-14-15-16-17-18-19-25(27)26-22-24-20-21-28-23-24/h6-7,9-10,12-13,15-16,20-21,23H,2-5,8,11,14,17-19,22H2,1H3,(H,26,27)/b7-6+,10-9+,13-12+,16-15+. The van der Waals surface area contributed by atoms with E-state index in [0.29, 0.717) is 13.0 Å². The van der Waals surface area contributed by atoms with E-state index < -0.39 is 0 Å². The summed E-state index contributed by atoms with van der Waals surface area (Å²) in [5, 5.41) is 2.89. The van der Waals surface area contributed by atoms with Crippen LogP contribution in [0.1, 0.15) is 76.7 Å². The van der Waals surface area contributed by atoms with Gasteiger partial charge in [-0.2, -0.15) is 0 Å². The number of allylic oxidation sites excluding steroid dienone is 8. The van der Waals surface area contributed by atoms with Crippen molar-refractivity contribution in [2.75, 3.05) is 0 Å². The minimum Gasteiger partial charge on any atom is -0.472 e. The van der Waals surface area contributed by atoms with Crippen molar-refractivity contribution >= 4 is 5.91 Å². The molecule has 0 fully saturated rings. The monoisotopic (exact) mass is 383 g/mol. The van der Waals surface area contributed by atoms with Crippen LogP contribution in [0.2, 0.25) is 0 Å². The molecule has 154 valence electrons. The Morgan fingerprint density at radius 2 is 1.50 bits per heavy atom. The summed E-state index contributed by atoms with van der Waals surface area (Å²) in [6, 6.07) is 1.86. The molecule has 1 aromatic heterocycles. The van der Waals surface area contributed by atoms with Crippen molar-refractivity contribution in [3.05, 3.63) is 72.8 Å². The Labute approximate surface area is 171 Å². The lowest BCUT2D eigenvalue weighted by molar-refractivity contribution is -0.121. The van der Waals surface area contributed by atoms with E-state index in [1.807, 2.05) is 6.07 Å². The van der Waals surface area contributed by atoms with Gasteiger partial charge in [0.2, 0.25) is 5.91 Å². The molecule has 1 amide bonds. The SMILES string of the molecule is CCCCC/C=C/C/C=C/C/C=C/C/C=C/CCCC(=O)NCc1ccoc1. The molecule has 0 saturated heterocycles. The Kier molecular flexibility index (Phi) is 15.3. The number of unbranched alkanes of at least 4 members (excludes halogenated alkanes) is 4. The van der Waals surface area contributed by atoms with E-state index >= 15 is 0 Å². The fourth-order valence-corrected chi connectivity index (χ4v) is 2.62. The Morgan fingerprint density at radius 3 is 2.07 bits per heavy atom. The highest BCUT2D eigenvalue weighted by Gasteiger charge is 2.00. The zero-order chi connectivity index (χ0) is 20.1. The maximum atomic E-state index is 11.7. The molecule has 1 N–H and O–H groups in total. The Hall–Kier alpha value is -2.29. The fourth-order valence-electron chi connectivity index (χ4n) is 2.62. The maximum absolute atomic E-state index is 11.7. The zero-order valence-electron chi connectivity index (χ0n) is 17.4. The highest BCUT2D eigenvalue weighted by atomic mass is 16.3. The smallest absolute Gasteiger partial charge is 0.220 e. The summed E-state index contributed by atoms with van der Waals surface area (Å²) >= 11 is 0. The van der Waals surface area contributed by atoms with Gasteiger partial charge >= 0.3 is 0 Å². The van der Waals surface area contributed by atoms with Crippen molar-refractivity contribution in [2.45, 2.75) is 77.7 Å². The lowest BCUT2D eigenvalue weighted by Gasteiger charge is -2.02. The van der Waals surface area contributed by atoms with Crippen LogP contribution in [0.4, 0.5) is 0 Å². The molecule has 0 aromatic carbocycles. The molecule has 1 heterocycles. The number of rotatable bonds is 16. The average molecular weight is 384 g/mol. The second-order valence-corrected chi connectivity index (χ2v) is 6.89. The molecule has 0 aliphatic heterocycles. The summed E-state index contributed by atoms with van der Waals surface area (Å²) in [5.41, 5.74) is 0.994. The first-order valence-electron chi connectivity index (χ1n) is 10.7. The van der Waals surface area contributed by atoms with E-state index in [0.717, 1.165) is 37.7 Å². The molecule has 0 bridgehead atoms. The molecule has 0 aliphatic carbocycles. The van der Waals surface area contributed by atoms with E-state index in [1.54, 1.807) is 12.5 Å². The van der Waals surface area contributed by atoms with Gasteiger partial charge < -0.3 is 9.73 Å². The van der Waals surface area contributed by atoms with Crippen LogP contribution in [0, 0.1) is 0 Å². The van der Waals surface area contributed by atoms with Crippen molar-refractivity contribution < 1.29 is 9.21 Å². The Bertz CT molecular complexity index is 594. The lowest BCUT2D eigenvalue weighted by Crippen LogP contribution is -2.21. The third kappa shape index (κ3) is 14.8. The number of hydrogen-bond donors (Lipinski definition) is 1. The van der Waals surface area contributed by atoms with Crippen molar-refractivity contribution in [2.24, 2.45) is 0 Å². The highest BCUT2D eigenvalue weighted by molar-refractivity contribution is 5.75. The highest BCUT2D eigenvalue weighted by Crippen LogP contribution is 2.02. The maximum Gasteiger partial charge on any atom is 0.220 e. The predicted molar refractivity (Wildman–Crippen MR) is 119 cm³/mol. The Morgan fingerprint density at radius 1 is 0.893 bits per heavy atom.